The minimum absolute atomic E-state index is 0.0100. The molecule has 0 radical (unpaired) electrons. The summed E-state index contributed by atoms with van der Waals surface area (Å²) >= 11 is 6.37. The first kappa shape index (κ1) is 14.2. The van der Waals surface area contributed by atoms with Gasteiger partial charge >= 0.3 is 5.76 Å². The van der Waals surface area contributed by atoms with Crippen molar-refractivity contribution in [2.75, 3.05) is 0 Å². The summed E-state index contributed by atoms with van der Waals surface area (Å²) in [4.78, 5) is 11.7. The molecule has 0 amide bonds. The van der Waals surface area contributed by atoms with E-state index in [4.69, 9.17) is 16.0 Å². The van der Waals surface area contributed by atoms with Gasteiger partial charge in [0.25, 0.3) is 0 Å². The molecule has 1 atom stereocenters. The molecule has 0 N–H and O–H groups in total. The highest BCUT2D eigenvalue weighted by Gasteiger charge is 2.12. The minimum Gasteiger partial charge on any atom is -0.408 e. The van der Waals surface area contributed by atoms with Gasteiger partial charge in [-0.1, -0.05) is 32.8 Å². The molecule has 2 aromatic rings. The average molecular weight is 282 g/mol. The predicted octanol–water partition coefficient (Wildman–Crippen LogP) is 4.47. The van der Waals surface area contributed by atoms with Crippen LogP contribution in [0.15, 0.2) is 27.4 Å². The molecule has 0 saturated heterocycles. The van der Waals surface area contributed by atoms with E-state index in [-0.39, 0.29) is 11.1 Å². The van der Waals surface area contributed by atoms with Gasteiger partial charge in [-0.3, -0.25) is 4.57 Å². The van der Waals surface area contributed by atoms with Crippen LogP contribution in [0.3, 0.4) is 0 Å². The molecule has 0 fully saturated rings. The lowest BCUT2D eigenvalue weighted by atomic mass is 10.1. The number of rotatable bonds is 6. The number of aromatic nitrogens is 1. The Bertz CT molecular complexity index is 600. The number of alkyl halides is 1. The molecule has 0 spiro atoms. The van der Waals surface area contributed by atoms with E-state index >= 15 is 0 Å². The third-order valence-corrected chi connectivity index (χ3v) is 3.78. The van der Waals surface area contributed by atoms with E-state index < -0.39 is 0 Å². The molecule has 0 aliphatic heterocycles. The second-order valence-electron chi connectivity index (χ2n) is 4.86. The summed E-state index contributed by atoms with van der Waals surface area (Å²) in [5.41, 5.74) is 2.52. The molecule has 0 saturated carbocycles. The van der Waals surface area contributed by atoms with Crippen molar-refractivity contribution >= 4 is 22.7 Å². The zero-order valence-corrected chi connectivity index (χ0v) is 12.2. The summed E-state index contributed by atoms with van der Waals surface area (Å²) < 4.78 is 6.97. The van der Waals surface area contributed by atoms with Gasteiger partial charge in [0, 0.05) is 6.54 Å². The van der Waals surface area contributed by atoms with Crippen molar-refractivity contribution < 1.29 is 4.42 Å². The van der Waals surface area contributed by atoms with Gasteiger partial charge in [0.1, 0.15) is 0 Å². The van der Waals surface area contributed by atoms with Gasteiger partial charge < -0.3 is 4.42 Å². The predicted molar refractivity (Wildman–Crippen MR) is 78.9 cm³/mol. The maximum Gasteiger partial charge on any atom is 0.419 e. The summed E-state index contributed by atoms with van der Waals surface area (Å²) in [6, 6.07) is 5.83. The van der Waals surface area contributed by atoms with Crippen LogP contribution in [0.25, 0.3) is 11.1 Å². The summed E-state index contributed by atoms with van der Waals surface area (Å²) in [7, 11) is 0. The van der Waals surface area contributed by atoms with Crippen LogP contribution in [0.5, 0.6) is 0 Å². The van der Waals surface area contributed by atoms with E-state index in [9.17, 15) is 4.79 Å². The zero-order valence-electron chi connectivity index (χ0n) is 11.5. The quantitative estimate of drug-likeness (QED) is 0.732. The van der Waals surface area contributed by atoms with Crippen molar-refractivity contribution in [3.05, 3.63) is 34.3 Å². The summed E-state index contributed by atoms with van der Waals surface area (Å²) in [6.45, 7) is 4.88. The standard InChI is InChI=1S/C15H20ClNO2/c1-3-5-6-12(16)11-7-8-13-14(10-11)19-15(18)17(13)9-4-2/h7-8,10,12H,3-6,9H2,1-2H3. The topological polar surface area (TPSA) is 35.1 Å². The van der Waals surface area contributed by atoms with Gasteiger partial charge in [-0.15, -0.1) is 11.6 Å². The Labute approximate surface area is 118 Å². The average Bonchev–Trinajstić information content (AvgIpc) is 2.72. The van der Waals surface area contributed by atoms with E-state index in [1.807, 2.05) is 25.1 Å². The molecule has 2 rings (SSSR count). The SMILES string of the molecule is CCCCC(Cl)c1ccc2c(c1)oc(=O)n2CCC. The fourth-order valence-corrected chi connectivity index (χ4v) is 2.55. The van der Waals surface area contributed by atoms with Gasteiger partial charge in [0.05, 0.1) is 10.9 Å². The lowest BCUT2D eigenvalue weighted by Gasteiger charge is -2.08. The molecule has 104 valence electrons. The number of nitrogens with zero attached hydrogens (tertiary/aromatic N) is 1. The first-order valence-corrected chi connectivity index (χ1v) is 7.38. The Morgan fingerprint density at radius 1 is 1.32 bits per heavy atom. The molecule has 1 unspecified atom stereocenters. The van der Waals surface area contributed by atoms with Crippen LogP contribution in [0.4, 0.5) is 0 Å². The fourth-order valence-electron chi connectivity index (χ4n) is 2.26. The smallest absolute Gasteiger partial charge is 0.408 e. The van der Waals surface area contributed by atoms with Crippen LogP contribution < -0.4 is 5.76 Å². The molecule has 0 bridgehead atoms. The molecule has 1 aromatic heterocycles. The van der Waals surface area contributed by atoms with Crippen LogP contribution in [-0.4, -0.2) is 4.57 Å². The third kappa shape index (κ3) is 3.03. The van der Waals surface area contributed by atoms with E-state index in [2.05, 4.69) is 6.92 Å². The van der Waals surface area contributed by atoms with Crippen LogP contribution >= 0.6 is 11.6 Å². The lowest BCUT2D eigenvalue weighted by Crippen LogP contribution is -2.13. The number of aryl methyl sites for hydroxylation is 1. The molecule has 0 aliphatic rings. The van der Waals surface area contributed by atoms with Crippen LogP contribution in [-0.2, 0) is 6.54 Å². The maximum absolute atomic E-state index is 11.7. The highest BCUT2D eigenvalue weighted by molar-refractivity contribution is 6.20. The molecule has 4 heteroatoms. The Balaban J connectivity index is 2.34. The Hall–Kier alpha value is -1.22. The highest BCUT2D eigenvalue weighted by Crippen LogP contribution is 2.28. The number of unbranched alkanes of at least 4 members (excludes halogenated alkanes) is 1. The van der Waals surface area contributed by atoms with Gasteiger partial charge in [-0.2, -0.15) is 0 Å². The van der Waals surface area contributed by atoms with Gasteiger partial charge in [0.15, 0.2) is 5.58 Å². The minimum atomic E-state index is -0.284. The first-order valence-electron chi connectivity index (χ1n) is 6.94. The summed E-state index contributed by atoms with van der Waals surface area (Å²) in [5, 5.41) is -0.0100. The van der Waals surface area contributed by atoms with Crippen molar-refractivity contribution in [3.63, 3.8) is 0 Å². The summed E-state index contributed by atoms with van der Waals surface area (Å²) in [5.74, 6) is -0.284. The van der Waals surface area contributed by atoms with Crippen molar-refractivity contribution in [1.82, 2.24) is 4.57 Å². The number of oxazole rings is 1. The monoisotopic (exact) mass is 281 g/mol. The molecule has 1 heterocycles. The largest absolute Gasteiger partial charge is 0.419 e. The number of hydrogen-bond donors (Lipinski definition) is 0. The Kier molecular flexibility index (Phi) is 4.70. The van der Waals surface area contributed by atoms with Gasteiger partial charge in [-0.25, -0.2) is 4.79 Å². The van der Waals surface area contributed by atoms with Crippen molar-refractivity contribution in [3.8, 4) is 0 Å². The van der Waals surface area contributed by atoms with Crippen LogP contribution in [0.1, 0.15) is 50.5 Å². The maximum atomic E-state index is 11.7. The lowest BCUT2D eigenvalue weighted by molar-refractivity contribution is 0.502. The van der Waals surface area contributed by atoms with E-state index in [0.717, 1.165) is 36.8 Å². The molecular weight excluding hydrogens is 262 g/mol. The van der Waals surface area contributed by atoms with Crippen molar-refractivity contribution in [2.24, 2.45) is 0 Å². The molecule has 1 aromatic carbocycles. The van der Waals surface area contributed by atoms with Crippen LogP contribution in [0.2, 0.25) is 0 Å². The Morgan fingerprint density at radius 3 is 2.79 bits per heavy atom. The molecule has 19 heavy (non-hydrogen) atoms. The number of benzene rings is 1. The fraction of sp³-hybridized carbons (Fsp3) is 0.533. The number of fused-ring (bicyclic) bond motifs is 1. The van der Waals surface area contributed by atoms with Gasteiger partial charge in [-0.05, 0) is 30.5 Å². The molecular formula is C15H20ClNO2. The first-order chi connectivity index (χ1) is 9.17. The number of halogens is 1. The Morgan fingerprint density at radius 2 is 2.11 bits per heavy atom. The summed E-state index contributed by atoms with van der Waals surface area (Å²) in [6.07, 6.45) is 4.09. The third-order valence-electron chi connectivity index (χ3n) is 3.31. The zero-order chi connectivity index (χ0) is 13.8. The van der Waals surface area contributed by atoms with E-state index in [1.54, 1.807) is 4.57 Å². The normalized spacial score (nSPS) is 13.0. The van der Waals surface area contributed by atoms with Crippen LogP contribution in [0, 0.1) is 0 Å². The molecule has 3 nitrogen and oxygen atoms in total. The van der Waals surface area contributed by atoms with Gasteiger partial charge in [0.2, 0.25) is 0 Å². The number of hydrogen-bond acceptors (Lipinski definition) is 2. The van der Waals surface area contributed by atoms with E-state index in [1.165, 1.54) is 0 Å². The second kappa shape index (κ2) is 6.29. The van der Waals surface area contributed by atoms with Crippen molar-refractivity contribution in [1.29, 1.82) is 0 Å². The van der Waals surface area contributed by atoms with E-state index in [0.29, 0.717) is 12.1 Å². The van der Waals surface area contributed by atoms with Crippen molar-refractivity contribution in [2.45, 2.75) is 51.5 Å². The second-order valence-corrected chi connectivity index (χ2v) is 5.38. The highest BCUT2D eigenvalue weighted by atomic mass is 35.5. The molecule has 0 aliphatic carbocycles.